The molecule has 0 bridgehead atoms. The van der Waals surface area contributed by atoms with Crippen LogP contribution in [0.4, 0.5) is 0 Å². The number of hydrogen-bond acceptors (Lipinski definition) is 5. The number of hydrogen-bond donors (Lipinski definition) is 1. The number of rotatable bonds is 2. The van der Waals surface area contributed by atoms with Crippen LogP contribution in [-0.2, 0) is 0 Å². The van der Waals surface area contributed by atoms with E-state index in [1.807, 2.05) is 56.3 Å². The summed E-state index contributed by atoms with van der Waals surface area (Å²) in [6.45, 7) is 3.86. The van der Waals surface area contributed by atoms with Crippen molar-refractivity contribution in [1.29, 1.82) is 0 Å². The second kappa shape index (κ2) is 5.55. The quantitative estimate of drug-likeness (QED) is 0.567. The van der Waals surface area contributed by atoms with E-state index in [-0.39, 0.29) is 0 Å². The van der Waals surface area contributed by atoms with Crippen molar-refractivity contribution in [2.24, 2.45) is 0 Å². The monoisotopic (exact) mass is 332 g/mol. The molecule has 0 aliphatic carbocycles. The maximum absolute atomic E-state index is 12.2. The first-order valence-electron chi connectivity index (χ1n) is 7.81. The average Bonchev–Trinajstić information content (AvgIpc) is 2.88. The summed E-state index contributed by atoms with van der Waals surface area (Å²) >= 11 is 0. The summed E-state index contributed by atoms with van der Waals surface area (Å²) in [4.78, 5) is 22.0. The molecule has 1 aromatic carbocycles. The number of benzene rings is 1. The minimum absolute atomic E-state index is 0.439. The standard InChI is InChI=1S/C18H16N6O/c1-11-8-14(9-12(2)21-11)15-16(13-6-4-3-5-7-13)20-10-23-17(15)22-24(19)18(23)25/h3-10H,19H2,1-2H3. The lowest BCUT2D eigenvalue weighted by Crippen LogP contribution is -2.27. The van der Waals surface area contributed by atoms with Gasteiger partial charge in [0.2, 0.25) is 0 Å². The third kappa shape index (κ3) is 2.46. The first-order chi connectivity index (χ1) is 12.0. The van der Waals surface area contributed by atoms with E-state index in [1.165, 1.54) is 10.7 Å². The van der Waals surface area contributed by atoms with Gasteiger partial charge in [-0.3, -0.25) is 4.98 Å². The van der Waals surface area contributed by atoms with Crippen molar-refractivity contribution in [1.82, 2.24) is 24.3 Å². The number of nitrogen functional groups attached to an aromatic ring is 1. The number of pyridine rings is 1. The molecule has 7 heteroatoms. The van der Waals surface area contributed by atoms with Gasteiger partial charge in [-0.25, -0.2) is 14.2 Å². The van der Waals surface area contributed by atoms with E-state index in [0.717, 1.165) is 38.6 Å². The van der Waals surface area contributed by atoms with Gasteiger partial charge < -0.3 is 5.84 Å². The smallest absolute Gasteiger partial charge is 0.318 e. The Kier molecular flexibility index (Phi) is 3.35. The molecule has 4 aromatic rings. The third-order valence-corrected chi connectivity index (χ3v) is 4.01. The van der Waals surface area contributed by atoms with Crippen molar-refractivity contribution in [3.8, 4) is 22.4 Å². The molecule has 0 unspecified atom stereocenters. The van der Waals surface area contributed by atoms with Crippen molar-refractivity contribution in [2.45, 2.75) is 13.8 Å². The lowest BCUT2D eigenvalue weighted by Gasteiger charge is -2.11. The molecule has 0 saturated heterocycles. The van der Waals surface area contributed by atoms with Crippen molar-refractivity contribution in [3.05, 3.63) is 70.7 Å². The topological polar surface area (TPSA) is 91.1 Å². The largest absolute Gasteiger partial charge is 0.370 e. The first kappa shape index (κ1) is 15.1. The number of aromatic nitrogens is 5. The highest BCUT2D eigenvalue weighted by Crippen LogP contribution is 2.33. The van der Waals surface area contributed by atoms with Crippen LogP contribution in [0.25, 0.3) is 28.0 Å². The van der Waals surface area contributed by atoms with Crippen LogP contribution in [0.3, 0.4) is 0 Å². The van der Waals surface area contributed by atoms with Crippen molar-refractivity contribution in [2.75, 3.05) is 5.84 Å². The fourth-order valence-electron chi connectivity index (χ4n) is 3.01. The molecule has 0 radical (unpaired) electrons. The molecule has 7 nitrogen and oxygen atoms in total. The molecule has 0 spiro atoms. The predicted molar refractivity (Wildman–Crippen MR) is 95.5 cm³/mol. The van der Waals surface area contributed by atoms with Crippen LogP contribution in [0.5, 0.6) is 0 Å². The maximum Gasteiger partial charge on any atom is 0.370 e. The van der Waals surface area contributed by atoms with Crippen LogP contribution < -0.4 is 11.5 Å². The van der Waals surface area contributed by atoms with E-state index in [0.29, 0.717) is 5.65 Å². The zero-order valence-corrected chi connectivity index (χ0v) is 13.8. The van der Waals surface area contributed by atoms with E-state index in [4.69, 9.17) is 5.84 Å². The van der Waals surface area contributed by atoms with Gasteiger partial charge in [-0.1, -0.05) is 30.3 Å². The fraction of sp³-hybridized carbons (Fsp3) is 0.111. The summed E-state index contributed by atoms with van der Waals surface area (Å²) in [6, 6.07) is 13.7. The van der Waals surface area contributed by atoms with Gasteiger partial charge in [-0.05, 0) is 31.5 Å². The molecular weight excluding hydrogens is 316 g/mol. The predicted octanol–water partition coefficient (Wildman–Crippen LogP) is 1.95. The molecule has 0 atom stereocenters. The van der Waals surface area contributed by atoms with E-state index >= 15 is 0 Å². The lowest BCUT2D eigenvalue weighted by atomic mass is 9.99. The van der Waals surface area contributed by atoms with Crippen molar-refractivity contribution < 1.29 is 0 Å². The second-order valence-corrected chi connectivity index (χ2v) is 5.89. The average molecular weight is 332 g/mol. The van der Waals surface area contributed by atoms with Crippen LogP contribution in [-0.4, -0.2) is 24.3 Å². The molecule has 2 N–H and O–H groups in total. The highest BCUT2D eigenvalue weighted by molar-refractivity contribution is 5.89. The molecule has 0 fully saturated rings. The number of fused-ring (bicyclic) bond motifs is 1. The van der Waals surface area contributed by atoms with Crippen LogP contribution >= 0.6 is 0 Å². The van der Waals surface area contributed by atoms with Crippen LogP contribution in [0.15, 0.2) is 53.6 Å². The minimum atomic E-state index is -0.439. The van der Waals surface area contributed by atoms with Crippen molar-refractivity contribution >= 4 is 5.65 Å². The summed E-state index contributed by atoms with van der Waals surface area (Å²) in [5.41, 5.74) is 5.11. The molecule has 3 heterocycles. The van der Waals surface area contributed by atoms with E-state index < -0.39 is 5.69 Å². The highest BCUT2D eigenvalue weighted by atomic mass is 16.2. The Morgan fingerprint density at radius 3 is 2.36 bits per heavy atom. The van der Waals surface area contributed by atoms with Gasteiger partial charge in [-0.15, -0.1) is 9.89 Å². The summed E-state index contributed by atoms with van der Waals surface area (Å²) in [5, 5.41) is 4.22. The fourth-order valence-corrected chi connectivity index (χ4v) is 3.01. The molecule has 0 amide bonds. The van der Waals surface area contributed by atoms with Crippen LogP contribution in [0, 0.1) is 13.8 Å². The normalized spacial score (nSPS) is 11.1. The molecule has 0 saturated carbocycles. The van der Waals surface area contributed by atoms with Gasteiger partial charge in [0.25, 0.3) is 0 Å². The zero-order chi connectivity index (χ0) is 17.6. The Morgan fingerprint density at radius 1 is 1.00 bits per heavy atom. The SMILES string of the molecule is Cc1cc(-c2c(-c3ccccc3)ncn3c(=O)n(N)nc23)cc(C)n1. The third-order valence-electron chi connectivity index (χ3n) is 4.01. The van der Waals surface area contributed by atoms with Crippen molar-refractivity contribution in [3.63, 3.8) is 0 Å². The van der Waals surface area contributed by atoms with E-state index in [1.54, 1.807) is 0 Å². The number of nitrogens with zero attached hydrogens (tertiary/aromatic N) is 5. The molecule has 0 aliphatic heterocycles. The van der Waals surface area contributed by atoms with Gasteiger partial charge in [-0.2, -0.15) is 0 Å². The van der Waals surface area contributed by atoms with Gasteiger partial charge in [0.05, 0.1) is 11.3 Å². The Hall–Kier alpha value is -3.48. The molecular formula is C18H16N6O. The molecule has 0 aliphatic rings. The van der Waals surface area contributed by atoms with E-state index in [2.05, 4.69) is 15.1 Å². The second-order valence-electron chi connectivity index (χ2n) is 5.89. The highest BCUT2D eigenvalue weighted by Gasteiger charge is 2.18. The molecule has 4 rings (SSSR count). The Morgan fingerprint density at radius 2 is 1.68 bits per heavy atom. The summed E-state index contributed by atoms with van der Waals surface area (Å²) < 4.78 is 1.35. The Bertz CT molecular complexity index is 1120. The number of nitrogens with two attached hydrogens (primary N) is 1. The minimum Gasteiger partial charge on any atom is -0.318 e. The van der Waals surface area contributed by atoms with Gasteiger partial charge in [0.15, 0.2) is 5.65 Å². The van der Waals surface area contributed by atoms with Gasteiger partial charge in [0, 0.05) is 17.0 Å². The Balaban J connectivity index is 2.15. The van der Waals surface area contributed by atoms with E-state index in [9.17, 15) is 4.79 Å². The number of aryl methyl sites for hydroxylation is 2. The zero-order valence-electron chi connectivity index (χ0n) is 13.8. The molecule has 25 heavy (non-hydrogen) atoms. The summed E-state index contributed by atoms with van der Waals surface area (Å²) in [7, 11) is 0. The van der Waals surface area contributed by atoms with Crippen LogP contribution in [0.1, 0.15) is 11.4 Å². The molecule has 124 valence electrons. The van der Waals surface area contributed by atoms with Crippen LogP contribution in [0.2, 0.25) is 0 Å². The van der Waals surface area contributed by atoms with Gasteiger partial charge >= 0.3 is 5.69 Å². The Labute approximate surface area is 143 Å². The first-order valence-corrected chi connectivity index (χ1v) is 7.81. The maximum atomic E-state index is 12.2. The molecule has 3 aromatic heterocycles. The van der Waals surface area contributed by atoms with Gasteiger partial charge in [0.1, 0.15) is 6.33 Å². The lowest BCUT2D eigenvalue weighted by molar-refractivity contribution is 0.791. The summed E-state index contributed by atoms with van der Waals surface area (Å²) in [5.74, 6) is 5.68. The summed E-state index contributed by atoms with van der Waals surface area (Å²) in [6.07, 6.45) is 1.46.